The Bertz CT molecular complexity index is 3150. The van der Waals surface area contributed by atoms with Crippen molar-refractivity contribution in [1.29, 1.82) is 0 Å². The van der Waals surface area contributed by atoms with Crippen molar-refractivity contribution in [3.05, 3.63) is 12.2 Å². The van der Waals surface area contributed by atoms with Crippen LogP contribution >= 0.6 is 0 Å². The zero-order valence-corrected chi connectivity index (χ0v) is 66.1. The van der Waals surface area contributed by atoms with Crippen LogP contribution in [0.25, 0.3) is 0 Å². The molecule has 3 N–H and O–H groups in total. The second kappa shape index (κ2) is 37.5. The van der Waals surface area contributed by atoms with E-state index in [-0.39, 0.29) is 115 Å². The average molecular weight is 1500 g/mol. The molecule has 13 atom stereocenters. The number of carbonyl (C=O) groups is 12. The van der Waals surface area contributed by atoms with Gasteiger partial charge in [0.25, 0.3) is 0 Å². The van der Waals surface area contributed by atoms with Gasteiger partial charge in [0.15, 0.2) is 0 Å². The van der Waals surface area contributed by atoms with E-state index in [4.69, 9.17) is 9.47 Å². The minimum absolute atomic E-state index is 0.00160. The third-order valence-electron chi connectivity index (χ3n) is 24.5. The van der Waals surface area contributed by atoms with Crippen molar-refractivity contribution in [2.45, 2.75) is 256 Å². The van der Waals surface area contributed by atoms with Crippen LogP contribution in [0.15, 0.2) is 12.2 Å². The fraction of sp³-hybridized carbons (Fsp3) is 0.818. The minimum atomic E-state index is -4.51. The second-order valence-electron chi connectivity index (χ2n) is 33.0. The van der Waals surface area contributed by atoms with Crippen molar-refractivity contribution in [2.24, 2.45) is 46.8 Å². The first kappa shape index (κ1) is 86.3. The van der Waals surface area contributed by atoms with E-state index in [9.17, 15) is 41.9 Å². The topological polar surface area (TPSA) is 289 Å². The van der Waals surface area contributed by atoms with Gasteiger partial charge in [0.2, 0.25) is 70.9 Å². The van der Waals surface area contributed by atoms with Crippen LogP contribution in [0, 0.1) is 46.8 Å². The molecule has 106 heavy (non-hydrogen) atoms. The average Bonchev–Trinajstić information content (AvgIpc) is 0.873. The fourth-order valence-corrected chi connectivity index (χ4v) is 17.7. The maximum absolute atomic E-state index is 15.8. The molecule has 0 aromatic rings. The maximum Gasteiger partial charge on any atom is 0.394 e. The zero-order valence-electron chi connectivity index (χ0n) is 66.1. The Kier molecular flexibility index (Phi) is 30.5. The summed E-state index contributed by atoms with van der Waals surface area (Å²) in [4.78, 5) is 194. The molecule has 3 heterocycles. The van der Waals surface area contributed by atoms with Crippen LogP contribution in [0.2, 0.25) is 0 Å². The molecule has 12 amide bonds. The molecule has 2 saturated heterocycles. The van der Waals surface area contributed by atoms with Crippen LogP contribution in [0.5, 0.6) is 0 Å². The predicted molar refractivity (Wildman–Crippen MR) is 391 cm³/mol. The van der Waals surface area contributed by atoms with E-state index < -0.39 is 180 Å². The van der Waals surface area contributed by atoms with Gasteiger partial charge in [-0.1, -0.05) is 98.6 Å². The number of likely N-dealkylation sites (N-methyl/N-ethyl adjacent to an activating group) is 7. The monoisotopic (exact) mass is 1500 g/mol. The van der Waals surface area contributed by atoms with Gasteiger partial charge in [-0.2, -0.15) is 13.2 Å². The molecule has 2 bridgehead atoms. The number of hydrogen-bond acceptors (Lipinski definition) is 14. The number of hydrogen-bond donors (Lipinski definition) is 3. The number of alkyl halides is 3. The van der Waals surface area contributed by atoms with Crippen molar-refractivity contribution in [1.82, 2.24) is 60.0 Å². The number of amides is 12. The number of methoxy groups -OCH3 is 1. The van der Waals surface area contributed by atoms with Gasteiger partial charge < -0.3 is 69.5 Å². The number of halogens is 3. The van der Waals surface area contributed by atoms with Crippen LogP contribution in [0.3, 0.4) is 0 Å². The van der Waals surface area contributed by atoms with Crippen LogP contribution in [-0.4, -0.2) is 284 Å². The summed E-state index contributed by atoms with van der Waals surface area (Å²) < 4.78 is 54.2. The summed E-state index contributed by atoms with van der Waals surface area (Å²) in [7, 11) is 11.3. The SMILES string of the molecule is CCOC[C@H]1C(=O)N[C@@H]([C@@H](C)CC)C(=O)N(C)CC(=O)N(C)[C@H]2C/C=C\CCN(C2=O)[C@@H](CC2CCC(C)CC2)C(=O)N(C)CC(=O)N[C@@H](CCC2CCC(C(F)(F)F)C(OC)C2)C(=O)N2C[C@@H](C)C[C@H]2C(=O)NC2(CC(C)(C)C2)C(=O)N(C)[C@@H](C2CCCC2)C(=O)N(C)[C@H](C(=O)N(C)CC)CC(=O)N1C. The number of nitrogens with one attached hydrogen (secondary N) is 3. The van der Waals surface area contributed by atoms with E-state index in [1.807, 2.05) is 33.8 Å². The molecule has 3 unspecified atom stereocenters. The number of ether oxygens (including phenoxy) is 2. The summed E-state index contributed by atoms with van der Waals surface area (Å²) >= 11 is 0. The zero-order chi connectivity index (χ0) is 78.6. The number of nitrogens with zero attached hydrogens (tertiary/aromatic N) is 9. The summed E-state index contributed by atoms with van der Waals surface area (Å²) in [6, 6.07) is -10.2. The molecule has 598 valence electrons. The van der Waals surface area contributed by atoms with Crippen molar-refractivity contribution in [2.75, 3.05) is 102 Å². The number of fused-ring (bicyclic) bond motifs is 3. The summed E-state index contributed by atoms with van der Waals surface area (Å²) in [5, 5.41) is 8.86. The van der Waals surface area contributed by atoms with Crippen LogP contribution in [0.1, 0.15) is 190 Å². The number of carbonyl (C=O) groups excluding carboxylic acids is 12. The van der Waals surface area contributed by atoms with Gasteiger partial charge in [0.1, 0.15) is 53.9 Å². The van der Waals surface area contributed by atoms with Gasteiger partial charge >= 0.3 is 6.18 Å². The van der Waals surface area contributed by atoms with Gasteiger partial charge in [0.05, 0.1) is 38.1 Å². The normalized spacial score (nSPS) is 31.9. The molecule has 7 aliphatic rings. The molecule has 26 nitrogen and oxygen atoms in total. The fourth-order valence-electron chi connectivity index (χ4n) is 17.7. The summed E-state index contributed by atoms with van der Waals surface area (Å²) in [5.74, 6) is -10.7. The Balaban J connectivity index is 1.32. The van der Waals surface area contributed by atoms with E-state index >= 15 is 28.8 Å². The van der Waals surface area contributed by atoms with Crippen LogP contribution < -0.4 is 16.0 Å². The summed E-state index contributed by atoms with van der Waals surface area (Å²) in [5.41, 5.74) is -2.12. The summed E-state index contributed by atoms with van der Waals surface area (Å²) in [6.07, 6.45) is 4.65. The lowest BCUT2D eigenvalue weighted by atomic mass is 9.58. The second-order valence-corrected chi connectivity index (χ2v) is 33.0. The quantitative estimate of drug-likeness (QED) is 0.174. The van der Waals surface area contributed by atoms with Crippen molar-refractivity contribution < 1.29 is 80.2 Å². The maximum atomic E-state index is 15.8. The molecule has 4 saturated carbocycles. The highest BCUT2D eigenvalue weighted by Gasteiger charge is 2.59. The molecule has 4 aliphatic carbocycles. The van der Waals surface area contributed by atoms with Crippen molar-refractivity contribution >= 4 is 70.9 Å². The first-order valence-corrected chi connectivity index (χ1v) is 39.0. The lowest BCUT2D eigenvalue weighted by molar-refractivity contribution is -0.215. The highest BCUT2D eigenvalue weighted by molar-refractivity contribution is 6.01. The standard InChI is InChI=1S/C77H125F3N12O14/c1-17-49(6)64-72(102)86(11)43-63(95)87(12)55-27-21-20-24-36-91(71(55)101)58(38-50-30-28-47(4)29-31-50)70(100)85(10)42-61(93)81-54(35-33-51-32-34-53(77(78,79)80)60(39-51)105-16)68(98)92-41-48(5)37-56(92)67(97)83-76(45-75(7,8)46-76)74(104)90(15)65(52-25-22-23-26-52)73(103)89(14)57(69(99)84(9)18-2)40-62(94)88(13)59(44-106-19-3)66(96)82-64/h20-21,47-60,64-65H,17-19,22-46H2,1-16H3,(H,81,93)(H,82,96)(H,83,97)/b21-20-/t47?,48-,49-,50?,51?,53?,54-,55-,56-,57-,58-,59-,60?,64-,65-/m0/s1. The molecule has 29 heteroatoms. The van der Waals surface area contributed by atoms with Gasteiger partial charge in [-0.3, -0.25) is 57.5 Å². The molecular formula is C77H125F3N12O14. The largest absolute Gasteiger partial charge is 0.394 e. The van der Waals surface area contributed by atoms with E-state index in [1.165, 1.54) is 90.7 Å². The number of rotatable bonds is 14. The Morgan fingerprint density at radius 3 is 1.92 bits per heavy atom. The lowest BCUT2D eigenvalue weighted by Crippen LogP contribution is -2.71. The lowest BCUT2D eigenvalue weighted by Gasteiger charge is -2.54. The van der Waals surface area contributed by atoms with Gasteiger partial charge in [-0.25, -0.2) is 0 Å². The molecular weight excluding hydrogens is 1370 g/mol. The molecule has 7 rings (SSSR count). The van der Waals surface area contributed by atoms with E-state index in [0.717, 1.165) is 48.3 Å². The molecule has 1 spiro atoms. The van der Waals surface area contributed by atoms with Crippen molar-refractivity contribution in [3.63, 3.8) is 0 Å². The van der Waals surface area contributed by atoms with Gasteiger partial charge in [-0.15, -0.1) is 0 Å². The first-order chi connectivity index (χ1) is 49.8. The highest BCUT2D eigenvalue weighted by Crippen LogP contribution is 2.50. The van der Waals surface area contributed by atoms with Gasteiger partial charge in [-0.05, 0) is 138 Å². The van der Waals surface area contributed by atoms with E-state index in [0.29, 0.717) is 31.6 Å². The van der Waals surface area contributed by atoms with Crippen molar-refractivity contribution in [3.8, 4) is 0 Å². The van der Waals surface area contributed by atoms with Crippen LogP contribution in [0.4, 0.5) is 13.2 Å². The van der Waals surface area contributed by atoms with Gasteiger partial charge in [0, 0.05) is 82.7 Å². The Hall–Kier alpha value is -6.91. The molecule has 3 aliphatic heterocycles. The van der Waals surface area contributed by atoms with E-state index in [2.05, 4.69) is 22.9 Å². The third-order valence-corrected chi connectivity index (χ3v) is 24.5. The molecule has 0 radical (unpaired) electrons. The Labute approximate surface area is 626 Å². The van der Waals surface area contributed by atoms with E-state index in [1.54, 1.807) is 26.8 Å². The first-order valence-electron chi connectivity index (χ1n) is 39.0. The minimum Gasteiger partial charge on any atom is -0.381 e. The Morgan fingerprint density at radius 1 is 0.679 bits per heavy atom. The molecule has 6 fully saturated rings. The predicted octanol–water partition coefficient (Wildman–Crippen LogP) is 5.79. The molecule has 0 aromatic heterocycles. The molecule has 0 aromatic carbocycles. The highest BCUT2D eigenvalue weighted by atomic mass is 19.4. The van der Waals surface area contributed by atoms with Crippen LogP contribution in [-0.2, 0) is 67.0 Å². The Morgan fingerprint density at radius 2 is 1.32 bits per heavy atom. The smallest absolute Gasteiger partial charge is 0.381 e. The summed E-state index contributed by atoms with van der Waals surface area (Å²) in [6.45, 7) is 13.8. The third kappa shape index (κ3) is 20.9.